The molecule has 136 valence electrons. The summed E-state index contributed by atoms with van der Waals surface area (Å²) in [4.78, 5) is 26.6. The third kappa shape index (κ3) is 4.18. The number of benzene rings is 1. The van der Waals surface area contributed by atoms with Crippen molar-refractivity contribution in [3.63, 3.8) is 0 Å². The van der Waals surface area contributed by atoms with Crippen LogP contribution in [-0.4, -0.2) is 46.6 Å². The molecule has 1 aromatic carbocycles. The Morgan fingerprint density at radius 1 is 1.08 bits per heavy atom. The fourth-order valence-electron chi connectivity index (χ4n) is 3.84. The molecule has 1 unspecified atom stereocenters. The SMILES string of the molecule is O=C(NC1CCCCC1)C(O)[C@@H]1CCCN1C(=O)c1ccc(F)cc1. The van der Waals surface area contributed by atoms with Crippen LogP contribution in [-0.2, 0) is 4.79 Å². The normalized spacial score (nSPS) is 22.6. The largest absolute Gasteiger partial charge is 0.381 e. The second-order valence-corrected chi connectivity index (χ2v) is 7.00. The number of aliphatic hydroxyl groups is 1. The van der Waals surface area contributed by atoms with Crippen molar-refractivity contribution in [2.45, 2.75) is 63.1 Å². The highest BCUT2D eigenvalue weighted by atomic mass is 19.1. The van der Waals surface area contributed by atoms with Crippen LogP contribution < -0.4 is 5.32 Å². The van der Waals surface area contributed by atoms with Crippen molar-refractivity contribution in [1.82, 2.24) is 10.2 Å². The summed E-state index contributed by atoms with van der Waals surface area (Å²) >= 11 is 0. The van der Waals surface area contributed by atoms with E-state index < -0.39 is 23.9 Å². The Kier molecular flexibility index (Phi) is 5.68. The van der Waals surface area contributed by atoms with Crippen LogP contribution in [0.3, 0.4) is 0 Å². The lowest BCUT2D eigenvalue weighted by atomic mass is 9.95. The highest BCUT2D eigenvalue weighted by molar-refractivity contribution is 5.95. The van der Waals surface area contributed by atoms with Gasteiger partial charge in [0.15, 0.2) is 6.10 Å². The third-order valence-electron chi connectivity index (χ3n) is 5.24. The van der Waals surface area contributed by atoms with Crippen LogP contribution in [0.25, 0.3) is 0 Å². The molecule has 2 fully saturated rings. The van der Waals surface area contributed by atoms with Gasteiger partial charge >= 0.3 is 0 Å². The predicted molar refractivity (Wildman–Crippen MR) is 91.5 cm³/mol. The first-order valence-corrected chi connectivity index (χ1v) is 9.11. The Morgan fingerprint density at radius 3 is 2.44 bits per heavy atom. The number of carbonyl (C=O) groups is 2. The van der Waals surface area contributed by atoms with Crippen molar-refractivity contribution in [2.24, 2.45) is 0 Å². The van der Waals surface area contributed by atoms with Crippen molar-refractivity contribution in [3.8, 4) is 0 Å². The average Bonchev–Trinajstić information content (AvgIpc) is 3.11. The highest BCUT2D eigenvalue weighted by Gasteiger charge is 2.38. The molecule has 2 aliphatic rings. The fraction of sp³-hybridized carbons (Fsp3) is 0.579. The first kappa shape index (κ1) is 17.9. The Morgan fingerprint density at radius 2 is 1.76 bits per heavy atom. The molecule has 0 bridgehead atoms. The van der Waals surface area contributed by atoms with Crippen molar-refractivity contribution in [2.75, 3.05) is 6.54 Å². The van der Waals surface area contributed by atoms with Crippen molar-refractivity contribution >= 4 is 11.8 Å². The molecule has 25 heavy (non-hydrogen) atoms. The molecule has 1 aromatic rings. The zero-order chi connectivity index (χ0) is 17.8. The molecule has 3 rings (SSSR count). The highest BCUT2D eigenvalue weighted by Crippen LogP contribution is 2.24. The van der Waals surface area contributed by atoms with Crippen LogP contribution in [0.5, 0.6) is 0 Å². The lowest BCUT2D eigenvalue weighted by Gasteiger charge is -2.30. The maximum Gasteiger partial charge on any atom is 0.254 e. The van der Waals surface area contributed by atoms with E-state index in [1.54, 1.807) is 4.90 Å². The van der Waals surface area contributed by atoms with Gasteiger partial charge in [-0.1, -0.05) is 19.3 Å². The molecule has 1 saturated carbocycles. The van der Waals surface area contributed by atoms with Gasteiger partial charge in [0, 0.05) is 18.2 Å². The fourth-order valence-corrected chi connectivity index (χ4v) is 3.84. The van der Waals surface area contributed by atoms with Gasteiger partial charge in [-0.05, 0) is 49.9 Å². The van der Waals surface area contributed by atoms with E-state index in [2.05, 4.69) is 5.32 Å². The summed E-state index contributed by atoms with van der Waals surface area (Å²) in [5, 5.41) is 13.4. The van der Waals surface area contributed by atoms with Crippen LogP contribution in [0.15, 0.2) is 24.3 Å². The maximum absolute atomic E-state index is 13.0. The second kappa shape index (κ2) is 7.95. The molecule has 0 spiro atoms. The molecule has 6 heteroatoms. The molecular formula is C19H25FN2O3. The molecule has 1 aliphatic carbocycles. The summed E-state index contributed by atoms with van der Waals surface area (Å²) in [7, 11) is 0. The number of likely N-dealkylation sites (tertiary alicyclic amines) is 1. The van der Waals surface area contributed by atoms with Gasteiger partial charge in [-0.2, -0.15) is 0 Å². The van der Waals surface area contributed by atoms with E-state index in [1.807, 2.05) is 0 Å². The van der Waals surface area contributed by atoms with Gasteiger partial charge in [0.25, 0.3) is 11.8 Å². The lowest BCUT2D eigenvalue weighted by molar-refractivity contribution is -0.132. The molecule has 0 aromatic heterocycles. The van der Waals surface area contributed by atoms with Crippen LogP contribution in [0.2, 0.25) is 0 Å². The summed E-state index contributed by atoms with van der Waals surface area (Å²) in [6.07, 6.45) is 5.38. The third-order valence-corrected chi connectivity index (χ3v) is 5.24. The van der Waals surface area contributed by atoms with Crippen LogP contribution in [0.1, 0.15) is 55.3 Å². The van der Waals surface area contributed by atoms with Gasteiger partial charge < -0.3 is 15.3 Å². The minimum atomic E-state index is -1.23. The minimum absolute atomic E-state index is 0.124. The zero-order valence-corrected chi connectivity index (χ0v) is 14.3. The second-order valence-electron chi connectivity index (χ2n) is 7.00. The quantitative estimate of drug-likeness (QED) is 0.877. The van der Waals surface area contributed by atoms with Gasteiger partial charge in [-0.3, -0.25) is 9.59 Å². The van der Waals surface area contributed by atoms with Gasteiger partial charge in [-0.25, -0.2) is 4.39 Å². The first-order chi connectivity index (χ1) is 12.1. The molecule has 1 saturated heterocycles. The van der Waals surface area contributed by atoms with E-state index in [0.717, 1.165) is 32.1 Å². The van der Waals surface area contributed by atoms with Crippen LogP contribution in [0, 0.1) is 5.82 Å². The molecule has 2 atom stereocenters. The van der Waals surface area contributed by atoms with Crippen molar-refractivity contribution in [3.05, 3.63) is 35.6 Å². The first-order valence-electron chi connectivity index (χ1n) is 9.11. The van der Waals surface area contributed by atoms with Crippen LogP contribution >= 0.6 is 0 Å². The number of amides is 2. The van der Waals surface area contributed by atoms with E-state index >= 15 is 0 Å². The predicted octanol–water partition coefficient (Wildman–Crippen LogP) is 2.24. The average molecular weight is 348 g/mol. The molecular weight excluding hydrogens is 323 g/mol. The maximum atomic E-state index is 13.0. The molecule has 1 heterocycles. The molecule has 2 amide bonds. The standard InChI is InChI=1S/C19H25FN2O3/c20-14-10-8-13(9-11-14)19(25)22-12-4-7-16(22)17(23)18(24)21-15-5-2-1-3-6-15/h8-11,15-17,23H,1-7,12H2,(H,21,24)/t16-,17?/m0/s1. The monoisotopic (exact) mass is 348 g/mol. The Hall–Kier alpha value is -1.95. The number of hydrogen-bond donors (Lipinski definition) is 2. The van der Waals surface area contributed by atoms with Gasteiger partial charge in [0.2, 0.25) is 0 Å². The number of nitrogens with one attached hydrogen (secondary N) is 1. The van der Waals surface area contributed by atoms with E-state index in [1.165, 1.54) is 30.7 Å². The number of carbonyl (C=O) groups excluding carboxylic acids is 2. The lowest BCUT2D eigenvalue weighted by Crippen LogP contribution is -2.52. The number of rotatable bonds is 4. The molecule has 5 nitrogen and oxygen atoms in total. The van der Waals surface area contributed by atoms with Crippen molar-refractivity contribution < 1.29 is 19.1 Å². The smallest absolute Gasteiger partial charge is 0.254 e. The van der Waals surface area contributed by atoms with Crippen molar-refractivity contribution in [1.29, 1.82) is 0 Å². The topological polar surface area (TPSA) is 69.6 Å². The Bertz CT molecular complexity index is 614. The van der Waals surface area contributed by atoms with E-state index in [9.17, 15) is 19.1 Å². The van der Waals surface area contributed by atoms with E-state index in [-0.39, 0.29) is 11.9 Å². The van der Waals surface area contributed by atoms with Gasteiger partial charge in [0.1, 0.15) is 5.82 Å². The number of hydrogen-bond acceptors (Lipinski definition) is 3. The summed E-state index contributed by atoms with van der Waals surface area (Å²) in [5.74, 6) is -1.07. The number of nitrogens with zero attached hydrogens (tertiary/aromatic N) is 1. The number of halogens is 1. The zero-order valence-electron chi connectivity index (χ0n) is 14.3. The minimum Gasteiger partial charge on any atom is -0.381 e. The molecule has 1 aliphatic heterocycles. The summed E-state index contributed by atoms with van der Waals surface area (Å²) in [6.45, 7) is 0.495. The molecule has 0 radical (unpaired) electrons. The summed E-state index contributed by atoms with van der Waals surface area (Å²) in [6, 6.07) is 4.94. The van der Waals surface area contributed by atoms with Crippen LogP contribution in [0.4, 0.5) is 4.39 Å². The molecule has 2 N–H and O–H groups in total. The van der Waals surface area contributed by atoms with Gasteiger partial charge in [0.05, 0.1) is 6.04 Å². The summed E-state index contributed by atoms with van der Waals surface area (Å²) in [5.41, 5.74) is 0.369. The number of aliphatic hydroxyl groups excluding tert-OH is 1. The summed E-state index contributed by atoms with van der Waals surface area (Å²) < 4.78 is 13.0. The Labute approximate surface area is 147 Å². The van der Waals surface area contributed by atoms with E-state index in [0.29, 0.717) is 18.5 Å². The van der Waals surface area contributed by atoms with E-state index in [4.69, 9.17) is 0 Å². The Balaban J connectivity index is 1.64. The van der Waals surface area contributed by atoms with Gasteiger partial charge in [-0.15, -0.1) is 0 Å².